The van der Waals surface area contributed by atoms with Crippen molar-refractivity contribution in [2.75, 3.05) is 33.8 Å². The van der Waals surface area contributed by atoms with Crippen molar-refractivity contribution in [2.24, 2.45) is 4.99 Å². The second-order valence-electron chi connectivity index (χ2n) is 6.43. The van der Waals surface area contributed by atoms with Crippen LogP contribution in [0.5, 0.6) is 5.75 Å². The standard InChI is InChI=1S/C19H32N4O.HI/c1-16-7-4-5-13-23(16)14-6-12-21-19(20-2)22-15-17-8-10-18(24-3)11-9-17;/h8-11,16H,4-7,12-15H2,1-3H3,(H2,20,21,22);1H. The minimum Gasteiger partial charge on any atom is -0.497 e. The number of nitrogens with zero attached hydrogens (tertiary/aromatic N) is 2. The molecule has 1 unspecified atom stereocenters. The van der Waals surface area contributed by atoms with Crippen LogP contribution in [0.1, 0.15) is 38.2 Å². The van der Waals surface area contributed by atoms with Crippen molar-refractivity contribution in [1.29, 1.82) is 0 Å². The zero-order chi connectivity index (χ0) is 17.2. The van der Waals surface area contributed by atoms with Crippen LogP contribution in [0.3, 0.4) is 0 Å². The quantitative estimate of drug-likeness (QED) is 0.284. The van der Waals surface area contributed by atoms with Crippen molar-refractivity contribution < 1.29 is 4.74 Å². The Hall–Kier alpha value is -1.02. The molecule has 6 heteroatoms. The molecule has 0 amide bonds. The van der Waals surface area contributed by atoms with E-state index in [0.717, 1.165) is 37.3 Å². The number of hydrogen-bond acceptors (Lipinski definition) is 3. The predicted octanol–water partition coefficient (Wildman–Crippen LogP) is 3.24. The molecule has 1 aliphatic rings. The van der Waals surface area contributed by atoms with E-state index in [2.05, 4.69) is 39.6 Å². The van der Waals surface area contributed by atoms with Gasteiger partial charge in [-0.3, -0.25) is 4.99 Å². The fourth-order valence-corrected chi connectivity index (χ4v) is 3.13. The summed E-state index contributed by atoms with van der Waals surface area (Å²) in [5, 5.41) is 6.76. The van der Waals surface area contributed by atoms with E-state index in [4.69, 9.17) is 4.74 Å². The van der Waals surface area contributed by atoms with Gasteiger partial charge in [-0.05, 0) is 50.4 Å². The van der Waals surface area contributed by atoms with E-state index in [9.17, 15) is 0 Å². The lowest BCUT2D eigenvalue weighted by atomic mass is 10.0. The van der Waals surface area contributed by atoms with Gasteiger partial charge >= 0.3 is 0 Å². The van der Waals surface area contributed by atoms with Crippen LogP contribution >= 0.6 is 24.0 Å². The van der Waals surface area contributed by atoms with Crippen LogP contribution in [0.2, 0.25) is 0 Å². The molecule has 0 aliphatic carbocycles. The molecule has 2 N–H and O–H groups in total. The SMILES string of the molecule is CN=C(NCCCN1CCCCC1C)NCc1ccc(OC)cc1.I. The number of hydrogen-bond donors (Lipinski definition) is 2. The predicted molar refractivity (Wildman–Crippen MR) is 116 cm³/mol. The van der Waals surface area contributed by atoms with Gasteiger partial charge in [0.2, 0.25) is 0 Å². The van der Waals surface area contributed by atoms with Gasteiger partial charge in [0.1, 0.15) is 5.75 Å². The molecule has 0 aromatic heterocycles. The third kappa shape index (κ3) is 7.81. The summed E-state index contributed by atoms with van der Waals surface area (Å²) in [6.07, 6.45) is 5.23. The van der Waals surface area contributed by atoms with Crippen LogP contribution in [-0.2, 0) is 6.54 Å². The summed E-state index contributed by atoms with van der Waals surface area (Å²) in [4.78, 5) is 6.90. The Morgan fingerprint density at radius 3 is 2.64 bits per heavy atom. The van der Waals surface area contributed by atoms with Gasteiger partial charge < -0.3 is 20.3 Å². The number of likely N-dealkylation sites (tertiary alicyclic amines) is 1. The normalized spacial score (nSPS) is 18.4. The average Bonchev–Trinajstić information content (AvgIpc) is 2.63. The van der Waals surface area contributed by atoms with E-state index >= 15 is 0 Å². The van der Waals surface area contributed by atoms with Crippen molar-refractivity contribution in [1.82, 2.24) is 15.5 Å². The maximum Gasteiger partial charge on any atom is 0.191 e. The average molecular weight is 460 g/mol. The number of rotatable bonds is 7. The first-order chi connectivity index (χ1) is 11.7. The van der Waals surface area contributed by atoms with E-state index in [1.807, 2.05) is 19.2 Å². The smallest absolute Gasteiger partial charge is 0.191 e. The highest BCUT2D eigenvalue weighted by atomic mass is 127. The van der Waals surface area contributed by atoms with Crippen LogP contribution in [0.25, 0.3) is 0 Å². The summed E-state index contributed by atoms with van der Waals surface area (Å²) in [7, 11) is 3.50. The van der Waals surface area contributed by atoms with Crippen molar-refractivity contribution in [3.8, 4) is 5.75 Å². The molecule has 2 rings (SSSR count). The first-order valence-electron chi connectivity index (χ1n) is 9.04. The highest BCUT2D eigenvalue weighted by Crippen LogP contribution is 2.16. The molecule has 0 saturated carbocycles. The van der Waals surface area contributed by atoms with Gasteiger partial charge in [-0.2, -0.15) is 0 Å². The number of benzene rings is 1. The summed E-state index contributed by atoms with van der Waals surface area (Å²) < 4.78 is 5.18. The number of methoxy groups -OCH3 is 1. The Kier molecular flexibility index (Phi) is 10.9. The van der Waals surface area contributed by atoms with Crippen molar-refractivity contribution >= 4 is 29.9 Å². The molecule has 5 nitrogen and oxygen atoms in total. The summed E-state index contributed by atoms with van der Waals surface area (Å²) in [6.45, 7) is 6.48. The molecule has 1 atom stereocenters. The minimum absolute atomic E-state index is 0. The van der Waals surface area contributed by atoms with E-state index in [1.54, 1.807) is 7.11 Å². The number of halogens is 1. The van der Waals surface area contributed by atoms with Crippen LogP contribution in [0, 0.1) is 0 Å². The van der Waals surface area contributed by atoms with Crippen molar-refractivity contribution in [3.63, 3.8) is 0 Å². The lowest BCUT2D eigenvalue weighted by Crippen LogP contribution is -2.41. The second kappa shape index (κ2) is 12.4. The number of guanidine groups is 1. The number of nitrogens with one attached hydrogen (secondary N) is 2. The first-order valence-corrected chi connectivity index (χ1v) is 9.04. The summed E-state index contributed by atoms with van der Waals surface area (Å²) in [6, 6.07) is 8.83. The zero-order valence-electron chi connectivity index (χ0n) is 15.8. The molecule has 1 heterocycles. The third-order valence-corrected chi connectivity index (χ3v) is 4.70. The van der Waals surface area contributed by atoms with Gasteiger partial charge in [0.15, 0.2) is 5.96 Å². The molecular weight excluding hydrogens is 427 g/mol. The molecule has 25 heavy (non-hydrogen) atoms. The van der Waals surface area contributed by atoms with E-state index < -0.39 is 0 Å². The maximum atomic E-state index is 5.18. The highest BCUT2D eigenvalue weighted by Gasteiger charge is 2.17. The molecule has 1 aromatic rings. The van der Waals surface area contributed by atoms with E-state index in [1.165, 1.54) is 37.9 Å². The van der Waals surface area contributed by atoms with Crippen molar-refractivity contribution in [2.45, 2.75) is 45.2 Å². The Morgan fingerprint density at radius 1 is 1.24 bits per heavy atom. The van der Waals surface area contributed by atoms with Crippen LogP contribution in [-0.4, -0.2) is 50.7 Å². The van der Waals surface area contributed by atoms with E-state index in [-0.39, 0.29) is 24.0 Å². The second-order valence-corrected chi connectivity index (χ2v) is 6.43. The molecule has 1 aromatic carbocycles. The highest BCUT2D eigenvalue weighted by molar-refractivity contribution is 14.0. The van der Waals surface area contributed by atoms with Crippen molar-refractivity contribution in [3.05, 3.63) is 29.8 Å². The van der Waals surface area contributed by atoms with Crippen LogP contribution in [0.4, 0.5) is 0 Å². The van der Waals surface area contributed by atoms with E-state index in [0.29, 0.717) is 0 Å². The molecule has 0 spiro atoms. The van der Waals surface area contributed by atoms with Gasteiger partial charge in [0.05, 0.1) is 7.11 Å². The largest absolute Gasteiger partial charge is 0.497 e. The van der Waals surface area contributed by atoms with Gasteiger partial charge in [0, 0.05) is 32.7 Å². The lowest BCUT2D eigenvalue weighted by Gasteiger charge is -2.33. The Balaban J connectivity index is 0.00000312. The molecule has 142 valence electrons. The fourth-order valence-electron chi connectivity index (χ4n) is 3.13. The first kappa shape index (κ1) is 22.0. The van der Waals surface area contributed by atoms with Crippen LogP contribution < -0.4 is 15.4 Å². The Bertz CT molecular complexity index is 507. The zero-order valence-corrected chi connectivity index (χ0v) is 18.1. The summed E-state index contributed by atoms with van der Waals surface area (Å²) in [5.74, 6) is 1.74. The number of piperidine rings is 1. The maximum absolute atomic E-state index is 5.18. The summed E-state index contributed by atoms with van der Waals surface area (Å²) >= 11 is 0. The molecule has 0 bridgehead atoms. The monoisotopic (exact) mass is 460 g/mol. The Morgan fingerprint density at radius 2 is 2.00 bits per heavy atom. The van der Waals surface area contributed by atoms with Gasteiger partial charge in [-0.1, -0.05) is 18.6 Å². The molecular formula is C19H33IN4O. The van der Waals surface area contributed by atoms with Gasteiger partial charge in [-0.15, -0.1) is 24.0 Å². The van der Waals surface area contributed by atoms with Crippen LogP contribution in [0.15, 0.2) is 29.3 Å². The molecule has 1 saturated heterocycles. The van der Waals surface area contributed by atoms with Gasteiger partial charge in [-0.25, -0.2) is 0 Å². The minimum atomic E-state index is 0. The Labute approximate surface area is 169 Å². The molecule has 0 radical (unpaired) electrons. The molecule has 1 fully saturated rings. The lowest BCUT2D eigenvalue weighted by molar-refractivity contribution is 0.159. The topological polar surface area (TPSA) is 48.9 Å². The number of aliphatic imine (C=N–C) groups is 1. The number of ether oxygens (including phenoxy) is 1. The third-order valence-electron chi connectivity index (χ3n) is 4.70. The van der Waals surface area contributed by atoms with Gasteiger partial charge in [0.25, 0.3) is 0 Å². The fraction of sp³-hybridized carbons (Fsp3) is 0.632. The molecule has 1 aliphatic heterocycles. The summed E-state index contributed by atoms with van der Waals surface area (Å²) in [5.41, 5.74) is 1.21.